The van der Waals surface area contributed by atoms with E-state index in [1.165, 1.54) is 5.57 Å². The minimum absolute atomic E-state index is 0.0203. The van der Waals surface area contributed by atoms with Gasteiger partial charge in [-0.1, -0.05) is 5.57 Å². The standard InChI is InChI=1S/C10H17NO2/c1-8(2)11-10(12)7-9-3-5-13-6-4-9/h7-8H,3-6H2,1-2H3,(H,11,12). The van der Waals surface area contributed by atoms with Gasteiger partial charge in [0.05, 0.1) is 13.2 Å². The van der Waals surface area contributed by atoms with Gasteiger partial charge < -0.3 is 10.1 Å². The van der Waals surface area contributed by atoms with Gasteiger partial charge in [-0.15, -0.1) is 0 Å². The predicted molar refractivity (Wildman–Crippen MR) is 51.4 cm³/mol. The van der Waals surface area contributed by atoms with Crippen molar-refractivity contribution in [2.75, 3.05) is 13.2 Å². The number of carbonyl (C=O) groups excluding carboxylic acids is 1. The fraction of sp³-hybridized carbons (Fsp3) is 0.700. The Balaban J connectivity index is 2.39. The SMILES string of the molecule is CC(C)NC(=O)C=C1CCOCC1. The highest BCUT2D eigenvalue weighted by molar-refractivity contribution is 5.88. The minimum atomic E-state index is 0.0203. The van der Waals surface area contributed by atoms with Crippen LogP contribution in [0.25, 0.3) is 0 Å². The van der Waals surface area contributed by atoms with Crippen molar-refractivity contribution in [2.45, 2.75) is 32.7 Å². The van der Waals surface area contributed by atoms with Crippen LogP contribution in [0.5, 0.6) is 0 Å². The molecule has 1 heterocycles. The number of carbonyl (C=O) groups is 1. The predicted octanol–water partition coefficient (Wildman–Crippen LogP) is 1.25. The van der Waals surface area contributed by atoms with E-state index in [2.05, 4.69) is 5.32 Å². The van der Waals surface area contributed by atoms with E-state index in [-0.39, 0.29) is 11.9 Å². The van der Waals surface area contributed by atoms with Crippen molar-refractivity contribution in [3.05, 3.63) is 11.6 Å². The Morgan fingerprint density at radius 1 is 1.46 bits per heavy atom. The first-order valence-corrected chi connectivity index (χ1v) is 4.76. The first kappa shape index (κ1) is 10.3. The summed E-state index contributed by atoms with van der Waals surface area (Å²) in [7, 11) is 0. The van der Waals surface area contributed by atoms with Crippen molar-refractivity contribution in [3.63, 3.8) is 0 Å². The molecule has 3 heteroatoms. The lowest BCUT2D eigenvalue weighted by Crippen LogP contribution is -2.29. The zero-order valence-corrected chi connectivity index (χ0v) is 8.30. The summed E-state index contributed by atoms with van der Waals surface area (Å²) in [6.45, 7) is 5.42. The number of amides is 1. The molecule has 13 heavy (non-hydrogen) atoms. The van der Waals surface area contributed by atoms with E-state index in [0.717, 1.165) is 26.1 Å². The van der Waals surface area contributed by atoms with Crippen LogP contribution < -0.4 is 5.32 Å². The summed E-state index contributed by atoms with van der Waals surface area (Å²) in [6.07, 6.45) is 3.50. The largest absolute Gasteiger partial charge is 0.381 e. The van der Waals surface area contributed by atoms with Crippen LogP contribution >= 0.6 is 0 Å². The lowest BCUT2D eigenvalue weighted by atomic mass is 10.1. The quantitative estimate of drug-likeness (QED) is 0.654. The van der Waals surface area contributed by atoms with E-state index in [1.54, 1.807) is 6.08 Å². The van der Waals surface area contributed by atoms with E-state index < -0.39 is 0 Å². The Labute approximate surface area is 79.2 Å². The number of hydrogen-bond donors (Lipinski definition) is 1. The maximum Gasteiger partial charge on any atom is 0.244 e. The van der Waals surface area contributed by atoms with Gasteiger partial charge in [0.2, 0.25) is 5.91 Å². The third-order valence-electron chi connectivity index (χ3n) is 1.90. The monoisotopic (exact) mass is 183 g/mol. The van der Waals surface area contributed by atoms with Gasteiger partial charge in [0, 0.05) is 12.1 Å². The van der Waals surface area contributed by atoms with Crippen molar-refractivity contribution in [2.24, 2.45) is 0 Å². The van der Waals surface area contributed by atoms with Gasteiger partial charge >= 0.3 is 0 Å². The summed E-state index contributed by atoms with van der Waals surface area (Å²) in [4.78, 5) is 11.3. The van der Waals surface area contributed by atoms with Crippen LogP contribution in [0.2, 0.25) is 0 Å². The van der Waals surface area contributed by atoms with Crippen molar-refractivity contribution < 1.29 is 9.53 Å². The molecule has 0 aromatic rings. The molecule has 1 aliphatic rings. The highest BCUT2D eigenvalue weighted by Crippen LogP contribution is 2.12. The molecule has 0 spiro atoms. The molecule has 74 valence electrons. The Hall–Kier alpha value is -0.830. The fourth-order valence-corrected chi connectivity index (χ4v) is 1.29. The second-order valence-corrected chi connectivity index (χ2v) is 3.58. The van der Waals surface area contributed by atoms with Crippen LogP contribution in [0.3, 0.4) is 0 Å². The summed E-state index contributed by atoms with van der Waals surface area (Å²) in [5, 5.41) is 2.83. The van der Waals surface area contributed by atoms with Gasteiger partial charge in [0.25, 0.3) is 0 Å². The van der Waals surface area contributed by atoms with Gasteiger partial charge in [-0.3, -0.25) is 4.79 Å². The highest BCUT2D eigenvalue weighted by atomic mass is 16.5. The molecule has 0 aromatic carbocycles. The molecule has 3 nitrogen and oxygen atoms in total. The van der Waals surface area contributed by atoms with Gasteiger partial charge in [-0.05, 0) is 26.7 Å². The summed E-state index contributed by atoms with van der Waals surface area (Å²) < 4.78 is 5.19. The maximum atomic E-state index is 11.3. The molecule has 1 N–H and O–H groups in total. The van der Waals surface area contributed by atoms with Crippen molar-refractivity contribution >= 4 is 5.91 Å². The van der Waals surface area contributed by atoms with Crippen LogP contribution in [0, 0.1) is 0 Å². The van der Waals surface area contributed by atoms with Crippen LogP contribution in [0.15, 0.2) is 11.6 Å². The van der Waals surface area contributed by atoms with Gasteiger partial charge in [-0.2, -0.15) is 0 Å². The van der Waals surface area contributed by atoms with Gasteiger partial charge in [0.1, 0.15) is 0 Å². The lowest BCUT2D eigenvalue weighted by molar-refractivity contribution is -0.117. The molecule has 0 bridgehead atoms. The van der Waals surface area contributed by atoms with Crippen LogP contribution in [-0.4, -0.2) is 25.2 Å². The Bertz CT molecular complexity index is 201. The molecule has 1 saturated heterocycles. The minimum Gasteiger partial charge on any atom is -0.381 e. The number of ether oxygens (including phenoxy) is 1. The van der Waals surface area contributed by atoms with Crippen LogP contribution in [0.4, 0.5) is 0 Å². The molecule has 1 amide bonds. The normalized spacial score (nSPS) is 17.3. The summed E-state index contributed by atoms with van der Waals surface area (Å²) >= 11 is 0. The zero-order chi connectivity index (χ0) is 9.68. The molecule has 0 saturated carbocycles. The van der Waals surface area contributed by atoms with Crippen LogP contribution in [0.1, 0.15) is 26.7 Å². The molecule has 1 fully saturated rings. The van der Waals surface area contributed by atoms with E-state index in [1.807, 2.05) is 13.8 Å². The first-order valence-electron chi connectivity index (χ1n) is 4.76. The third kappa shape index (κ3) is 4.08. The Morgan fingerprint density at radius 3 is 2.62 bits per heavy atom. The topological polar surface area (TPSA) is 38.3 Å². The van der Waals surface area contributed by atoms with Crippen molar-refractivity contribution in [1.82, 2.24) is 5.32 Å². The molecular formula is C10H17NO2. The van der Waals surface area contributed by atoms with Gasteiger partial charge in [-0.25, -0.2) is 0 Å². The van der Waals surface area contributed by atoms with E-state index >= 15 is 0 Å². The summed E-state index contributed by atoms with van der Waals surface area (Å²) in [5.74, 6) is 0.0203. The molecule has 0 radical (unpaired) electrons. The third-order valence-corrected chi connectivity index (χ3v) is 1.90. The Kier molecular flexibility index (Phi) is 3.96. The second kappa shape index (κ2) is 5.02. The van der Waals surface area contributed by atoms with E-state index in [0.29, 0.717) is 0 Å². The first-order chi connectivity index (χ1) is 6.18. The number of rotatable bonds is 2. The number of hydrogen-bond acceptors (Lipinski definition) is 2. The molecule has 0 aromatic heterocycles. The Morgan fingerprint density at radius 2 is 2.08 bits per heavy atom. The smallest absolute Gasteiger partial charge is 0.244 e. The number of nitrogens with one attached hydrogen (secondary N) is 1. The molecule has 0 unspecified atom stereocenters. The molecule has 0 atom stereocenters. The van der Waals surface area contributed by atoms with Crippen molar-refractivity contribution in [3.8, 4) is 0 Å². The van der Waals surface area contributed by atoms with E-state index in [4.69, 9.17) is 4.74 Å². The maximum absolute atomic E-state index is 11.3. The molecule has 1 aliphatic heterocycles. The highest BCUT2D eigenvalue weighted by Gasteiger charge is 2.07. The fourth-order valence-electron chi connectivity index (χ4n) is 1.29. The second-order valence-electron chi connectivity index (χ2n) is 3.58. The van der Waals surface area contributed by atoms with E-state index in [9.17, 15) is 4.79 Å². The summed E-state index contributed by atoms with van der Waals surface area (Å²) in [6, 6.07) is 0.212. The average Bonchev–Trinajstić information content (AvgIpc) is 2.04. The van der Waals surface area contributed by atoms with Crippen molar-refractivity contribution in [1.29, 1.82) is 0 Å². The average molecular weight is 183 g/mol. The van der Waals surface area contributed by atoms with Gasteiger partial charge in [0.15, 0.2) is 0 Å². The molecule has 0 aliphatic carbocycles. The molecular weight excluding hydrogens is 166 g/mol. The molecule has 1 rings (SSSR count). The zero-order valence-electron chi connectivity index (χ0n) is 8.30. The van der Waals surface area contributed by atoms with Crippen LogP contribution in [-0.2, 0) is 9.53 Å². The lowest BCUT2D eigenvalue weighted by Gasteiger charge is -2.14. The summed E-state index contributed by atoms with van der Waals surface area (Å²) in [5.41, 5.74) is 1.20.